The van der Waals surface area contributed by atoms with E-state index in [1.807, 2.05) is 61.5 Å². The first-order valence-corrected chi connectivity index (χ1v) is 9.69. The highest BCUT2D eigenvalue weighted by Crippen LogP contribution is 2.35. The Kier molecular flexibility index (Phi) is 5.61. The molecule has 0 saturated carbocycles. The Balaban J connectivity index is 1.51. The molecule has 3 aromatic rings. The highest BCUT2D eigenvalue weighted by molar-refractivity contribution is 6.14. The average molecular weight is 400 g/mol. The first kappa shape index (κ1) is 19.5. The molecule has 150 valence electrons. The number of benzene rings is 3. The molecule has 0 aromatic heterocycles. The molecule has 0 radical (unpaired) electrons. The van der Waals surface area contributed by atoms with Crippen LogP contribution in [-0.4, -0.2) is 18.4 Å². The summed E-state index contributed by atoms with van der Waals surface area (Å²) in [5.41, 5.74) is 2.05. The molecular formula is C25H20O5. The zero-order valence-electron chi connectivity index (χ0n) is 16.5. The zero-order chi connectivity index (χ0) is 20.9. The molecule has 0 unspecified atom stereocenters. The molecular weight excluding hydrogens is 380 g/mol. The molecule has 3 aromatic carbocycles. The van der Waals surface area contributed by atoms with E-state index in [4.69, 9.17) is 14.2 Å². The van der Waals surface area contributed by atoms with Gasteiger partial charge in [0.05, 0.1) is 18.6 Å². The lowest BCUT2D eigenvalue weighted by Gasteiger charge is -2.07. The van der Waals surface area contributed by atoms with Gasteiger partial charge in [-0.05, 0) is 36.8 Å². The van der Waals surface area contributed by atoms with Gasteiger partial charge >= 0.3 is 5.97 Å². The van der Waals surface area contributed by atoms with E-state index >= 15 is 0 Å². The van der Waals surface area contributed by atoms with Crippen LogP contribution in [0.4, 0.5) is 0 Å². The SMILES string of the molecule is CCOc1ccccc1/C=C1\Oc2cc(OC(=O)Cc3ccccc3)ccc2C1=O. The van der Waals surface area contributed by atoms with Crippen LogP contribution >= 0.6 is 0 Å². The third-order valence-corrected chi connectivity index (χ3v) is 4.57. The van der Waals surface area contributed by atoms with Crippen LogP contribution in [0, 0.1) is 0 Å². The number of para-hydroxylation sites is 1. The second kappa shape index (κ2) is 8.66. The van der Waals surface area contributed by atoms with Crippen LogP contribution < -0.4 is 14.2 Å². The minimum absolute atomic E-state index is 0.164. The van der Waals surface area contributed by atoms with E-state index < -0.39 is 0 Å². The summed E-state index contributed by atoms with van der Waals surface area (Å²) in [6, 6.07) is 21.6. The monoisotopic (exact) mass is 400 g/mol. The highest BCUT2D eigenvalue weighted by Gasteiger charge is 2.28. The van der Waals surface area contributed by atoms with E-state index in [1.165, 1.54) is 0 Å². The van der Waals surface area contributed by atoms with Crippen LogP contribution in [0.25, 0.3) is 6.08 Å². The number of Topliss-reactive ketones (excluding diaryl/α,β-unsaturated/α-hetero) is 1. The summed E-state index contributed by atoms with van der Waals surface area (Å²) in [4.78, 5) is 24.9. The number of ketones is 1. The minimum Gasteiger partial charge on any atom is -0.493 e. The minimum atomic E-state index is -0.383. The Morgan fingerprint density at radius 3 is 2.57 bits per heavy atom. The van der Waals surface area contributed by atoms with Crippen LogP contribution in [0.1, 0.15) is 28.4 Å². The standard InChI is InChI=1S/C25H20O5/c1-2-28-21-11-7-6-10-18(21)15-23-25(27)20-13-12-19(16-22(20)30-23)29-24(26)14-17-8-4-3-5-9-17/h3-13,15-16H,2,14H2,1H3/b23-15-. The lowest BCUT2D eigenvalue weighted by atomic mass is 10.1. The summed E-state index contributed by atoms with van der Waals surface area (Å²) in [7, 11) is 0. The Morgan fingerprint density at radius 2 is 1.77 bits per heavy atom. The highest BCUT2D eigenvalue weighted by atomic mass is 16.5. The second-order valence-electron chi connectivity index (χ2n) is 6.71. The summed E-state index contributed by atoms with van der Waals surface area (Å²) < 4.78 is 16.8. The van der Waals surface area contributed by atoms with Crippen molar-refractivity contribution < 1.29 is 23.8 Å². The van der Waals surface area contributed by atoms with Crippen LogP contribution in [0.3, 0.4) is 0 Å². The first-order chi connectivity index (χ1) is 14.6. The molecule has 30 heavy (non-hydrogen) atoms. The van der Waals surface area contributed by atoms with Crippen molar-refractivity contribution in [1.82, 2.24) is 0 Å². The lowest BCUT2D eigenvalue weighted by Crippen LogP contribution is -2.11. The third kappa shape index (κ3) is 4.25. The number of ether oxygens (including phenoxy) is 3. The molecule has 5 nitrogen and oxygen atoms in total. The first-order valence-electron chi connectivity index (χ1n) is 9.69. The molecule has 0 atom stereocenters. The van der Waals surface area contributed by atoms with Crippen molar-refractivity contribution in [1.29, 1.82) is 0 Å². The second-order valence-corrected chi connectivity index (χ2v) is 6.71. The number of carbonyl (C=O) groups excluding carboxylic acids is 2. The van der Waals surface area contributed by atoms with Crippen molar-refractivity contribution in [3.05, 3.63) is 95.2 Å². The molecule has 0 spiro atoms. The summed E-state index contributed by atoms with van der Waals surface area (Å²) in [6.07, 6.45) is 1.82. The summed E-state index contributed by atoms with van der Waals surface area (Å²) >= 11 is 0. The fraction of sp³-hybridized carbons (Fsp3) is 0.120. The maximum Gasteiger partial charge on any atom is 0.315 e. The Labute approximate surface area is 174 Å². The van der Waals surface area contributed by atoms with Crippen molar-refractivity contribution in [2.24, 2.45) is 0 Å². The topological polar surface area (TPSA) is 61.8 Å². The fourth-order valence-corrected chi connectivity index (χ4v) is 3.19. The third-order valence-electron chi connectivity index (χ3n) is 4.57. The molecule has 0 bridgehead atoms. The molecule has 0 N–H and O–H groups in total. The maximum atomic E-state index is 12.7. The van der Waals surface area contributed by atoms with Crippen LogP contribution in [0.15, 0.2) is 78.6 Å². The van der Waals surface area contributed by atoms with Crippen LogP contribution in [0.5, 0.6) is 17.2 Å². The predicted octanol–water partition coefficient (Wildman–Crippen LogP) is 4.85. The van der Waals surface area contributed by atoms with Gasteiger partial charge in [-0.3, -0.25) is 9.59 Å². The van der Waals surface area contributed by atoms with Crippen molar-refractivity contribution in [3.8, 4) is 17.2 Å². The summed E-state index contributed by atoms with van der Waals surface area (Å²) in [5.74, 6) is 0.967. The number of hydrogen-bond donors (Lipinski definition) is 0. The van der Waals surface area contributed by atoms with Gasteiger partial charge in [0.25, 0.3) is 0 Å². The van der Waals surface area contributed by atoms with Crippen molar-refractivity contribution >= 4 is 17.8 Å². The van der Waals surface area contributed by atoms with E-state index in [1.54, 1.807) is 24.3 Å². The summed E-state index contributed by atoms with van der Waals surface area (Å²) in [5, 5.41) is 0. The van der Waals surface area contributed by atoms with Crippen molar-refractivity contribution in [3.63, 3.8) is 0 Å². The van der Waals surface area contributed by atoms with Crippen LogP contribution in [0.2, 0.25) is 0 Å². The Hall–Kier alpha value is -3.86. The molecule has 1 aliphatic rings. The van der Waals surface area contributed by atoms with E-state index in [9.17, 15) is 9.59 Å². The number of carbonyl (C=O) groups is 2. The van der Waals surface area contributed by atoms with Gasteiger partial charge in [-0.15, -0.1) is 0 Å². The van der Waals surface area contributed by atoms with Crippen molar-refractivity contribution in [2.45, 2.75) is 13.3 Å². The normalized spacial score (nSPS) is 13.6. The molecule has 0 amide bonds. The molecule has 1 aliphatic heterocycles. The van der Waals surface area contributed by atoms with Gasteiger partial charge < -0.3 is 14.2 Å². The lowest BCUT2D eigenvalue weighted by molar-refractivity contribution is -0.133. The van der Waals surface area contributed by atoms with Gasteiger partial charge in [-0.1, -0.05) is 48.5 Å². The van der Waals surface area contributed by atoms with E-state index in [2.05, 4.69) is 0 Å². The molecule has 0 aliphatic carbocycles. The number of fused-ring (bicyclic) bond motifs is 1. The van der Waals surface area contributed by atoms with Gasteiger partial charge in [0.1, 0.15) is 17.2 Å². The Morgan fingerprint density at radius 1 is 1.00 bits per heavy atom. The van der Waals surface area contributed by atoms with E-state index in [0.717, 1.165) is 11.1 Å². The smallest absolute Gasteiger partial charge is 0.315 e. The van der Waals surface area contributed by atoms with E-state index in [0.29, 0.717) is 29.4 Å². The van der Waals surface area contributed by atoms with Gasteiger partial charge in [0.2, 0.25) is 5.78 Å². The molecule has 0 fully saturated rings. The van der Waals surface area contributed by atoms with Gasteiger partial charge in [0, 0.05) is 11.6 Å². The molecule has 4 rings (SSSR count). The number of hydrogen-bond acceptors (Lipinski definition) is 5. The molecule has 5 heteroatoms. The zero-order valence-corrected chi connectivity index (χ0v) is 16.5. The quantitative estimate of drug-likeness (QED) is 0.336. The number of rotatable bonds is 6. The van der Waals surface area contributed by atoms with E-state index in [-0.39, 0.29) is 23.9 Å². The average Bonchev–Trinajstić information content (AvgIpc) is 3.05. The van der Waals surface area contributed by atoms with Gasteiger partial charge in [-0.2, -0.15) is 0 Å². The largest absolute Gasteiger partial charge is 0.493 e. The Bertz CT molecular complexity index is 1120. The molecule has 1 heterocycles. The summed E-state index contributed by atoms with van der Waals surface area (Å²) in [6.45, 7) is 2.42. The van der Waals surface area contributed by atoms with Crippen molar-refractivity contribution in [2.75, 3.05) is 6.61 Å². The maximum absolute atomic E-state index is 12.7. The molecule has 0 saturated heterocycles. The predicted molar refractivity (Wildman–Crippen MR) is 113 cm³/mol. The number of esters is 1. The number of allylic oxidation sites excluding steroid dienone is 1. The van der Waals surface area contributed by atoms with Crippen LogP contribution in [-0.2, 0) is 11.2 Å². The van der Waals surface area contributed by atoms with Gasteiger partial charge in [0.15, 0.2) is 5.76 Å². The fourth-order valence-electron chi connectivity index (χ4n) is 3.19. The van der Waals surface area contributed by atoms with Gasteiger partial charge in [-0.25, -0.2) is 0 Å².